The van der Waals surface area contributed by atoms with Crippen molar-refractivity contribution < 1.29 is 4.52 Å². The molecule has 2 aromatic heterocycles. The van der Waals surface area contributed by atoms with Crippen LogP contribution in [-0.2, 0) is 0 Å². The fraction of sp³-hybridized carbons (Fsp3) is 0. The summed E-state index contributed by atoms with van der Waals surface area (Å²) in [5.74, 6) is 0.482. The van der Waals surface area contributed by atoms with Crippen molar-refractivity contribution >= 4 is 16.9 Å². The number of nitrogens with zero attached hydrogens (tertiary/aromatic N) is 2. The third kappa shape index (κ3) is 0.621. The monoisotopic (exact) mass is 135 g/mol. The van der Waals surface area contributed by atoms with Crippen LogP contribution in [0.1, 0.15) is 0 Å². The zero-order chi connectivity index (χ0) is 6.97. The molecule has 0 atom stereocenters. The van der Waals surface area contributed by atoms with Gasteiger partial charge in [-0.15, -0.1) is 0 Å². The number of hydrogen-bond acceptors (Lipinski definition) is 4. The van der Waals surface area contributed by atoms with E-state index >= 15 is 0 Å². The lowest BCUT2D eigenvalue weighted by molar-refractivity contribution is 0.456. The molecule has 0 aliphatic carbocycles. The fourth-order valence-corrected chi connectivity index (χ4v) is 0.781. The molecule has 2 aromatic rings. The lowest BCUT2D eigenvalue weighted by Gasteiger charge is -1.87. The van der Waals surface area contributed by atoms with E-state index in [1.165, 1.54) is 6.20 Å². The van der Waals surface area contributed by atoms with Crippen LogP contribution in [0.3, 0.4) is 0 Å². The molecule has 4 heteroatoms. The molecule has 0 bridgehead atoms. The van der Waals surface area contributed by atoms with Crippen LogP contribution in [0.25, 0.3) is 11.1 Å². The topological polar surface area (TPSA) is 64.9 Å². The molecule has 2 heterocycles. The largest absolute Gasteiger partial charge is 0.384 e. The summed E-state index contributed by atoms with van der Waals surface area (Å²) >= 11 is 0. The van der Waals surface area contributed by atoms with E-state index in [-0.39, 0.29) is 0 Å². The molecule has 0 radical (unpaired) electrons. The second-order valence-corrected chi connectivity index (χ2v) is 1.95. The van der Waals surface area contributed by atoms with Crippen molar-refractivity contribution in [3.05, 3.63) is 18.3 Å². The molecule has 0 aliphatic rings. The summed E-state index contributed by atoms with van der Waals surface area (Å²) in [5.41, 5.74) is 6.76. The van der Waals surface area contributed by atoms with E-state index in [0.29, 0.717) is 16.9 Å². The lowest BCUT2D eigenvalue weighted by Crippen LogP contribution is -1.87. The van der Waals surface area contributed by atoms with Crippen LogP contribution in [0.15, 0.2) is 22.9 Å². The van der Waals surface area contributed by atoms with Crippen LogP contribution in [-0.4, -0.2) is 10.1 Å². The predicted molar refractivity (Wildman–Crippen MR) is 36.2 cm³/mol. The van der Waals surface area contributed by atoms with E-state index in [2.05, 4.69) is 10.1 Å². The molecule has 4 nitrogen and oxygen atoms in total. The summed E-state index contributed by atoms with van der Waals surface area (Å²) in [6.07, 6.45) is 1.53. The maximum atomic E-state index is 5.40. The second-order valence-electron chi connectivity index (χ2n) is 1.95. The Morgan fingerprint density at radius 1 is 1.40 bits per heavy atom. The second kappa shape index (κ2) is 1.70. The maximum absolute atomic E-state index is 5.40. The predicted octanol–water partition coefficient (Wildman–Crippen LogP) is 0.805. The molecular formula is C6H5N3O. The standard InChI is InChI=1S/C6H5N3O/c7-6-2-1-5-4(9-6)3-8-10-5/h1-3H,(H2,7,9). The smallest absolute Gasteiger partial charge is 0.185 e. The van der Waals surface area contributed by atoms with Crippen molar-refractivity contribution in [3.8, 4) is 0 Å². The van der Waals surface area contributed by atoms with Crippen molar-refractivity contribution in [2.45, 2.75) is 0 Å². The Labute approximate surface area is 56.6 Å². The average molecular weight is 135 g/mol. The number of aromatic nitrogens is 2. The van der Waals surface area contributed by atoms with Gasteiger partial charge in [0, 0.05) is 0 Å². The van der Waals surface area contributed by atoms with Crippen LogP contribution in [0.4, 0.5) is 5.82 Å². The van der Waals surface area contributed by atoms with Crippen molar-refractivity contribution in [3.63, 3.8) is 0 Å². The van der Waals surface area contributed by atoms with E-state index < -0.39 is 0 Å². The summed E-state index contributed by atoms with van der Waals surface area (Å²) in [6, 6.07) is 3.41. The van der Waals surface area contributed by atoms with Gasteiger partial charge in [-0.1, -0.05) is 5.16 Å². The van der Waals surface area contributed by atoms with Gasteiger partial charge in [0.15, 0.2) is 5.58 Å². The highest BCUT2D eigenvalue weighted by molar-refractivity contribution is 5.72. The van der Waals surface area contributed by atoms with E-state index in [0.717, 1.165) is 0 Å². The maximum Gasteiger partial charge on any atom is 0.185 e. The number of anilines is 1. The molecule has 2 N–H and O–H groups in total. The van der Waals surface area contributed by atoms with Gasteiger partial charge in [-0.2, -0.15) is 0 Å². The highest BCUT2D eigenvalue weighted by Gasteiger charge is 1.97. The van der Waals surface area contributed by atoms with Gasteiger partial charge < -0.3 is 10.3 Å². The highest BCUT2D eigenvalue weighted by atomic mass is 16.5. The van der Waals surface area contributed by atoms with Gasteiger partial charge in [0.05, 0.1) is 6.20 Å². The molecule has 0 spiro atoms. The van der Waals surface area contributed by atoms with Crippen molar-refractivity contribution in [2.24, 2.45) is 0 Å². The number of nitrogen functional groups attached to an aromatic ring is 1. The molecule has 2 rings (SSSR count). The molecule has 0 aliphatic heterocycles. The Hall–Kier alpha value is -1.58. The first-order chi connectivity index (χ1) is 4.86. The van der Waals surface area contributed by atoms with Gasteiger partial charge in [0.1, 0.15) is 11.3 Å². The van der Waals surface area contributed by atoms with Crippen LogP contribution < -0.4 is 5.73 Å². The third-order valence-corrected chi connectivity index (χ3v) is 1.23. The van der Waals surface area contributed by atoms with Crippen molar-refractivity contribution in [2.75, 3.05) is 5.73 Å². The molecular weight excluding hydrogens is 130 g/mol. The first kappa shape index (κ1) is 5.22. The van der Waals surface area contributed by atoms with Crippen molar-refractivity contribution in [1.29, 1.82) is 0 Å². The molecule has 10 heavy (non-hydrogen) atoms. The zero-order valence-electron chi connectivity index (χ0n) is 5.11. The van der Waals surface area contributed by atoms with E-state index in [1.54, 1.807) is 12.1 Å². The van der Waals surface area contributed by atoms with Gasteiger partial charge >= 0.3 is 0 Å². The normalized spacial score (nSPS) is 10.4. The van der Waals surface area contributed by atoms with Crippen LogP contribution in [0, 0.1) is 0 Å². The molecule has 0 amide bonds. The first-order valence-electron chi connectivity index (χ1n) is 2.83. The van der Waals surface area contributed by atoms with Gasteiger partial charge in [-0.25, -0.2) is 4.98 Å². The Balaban J connectivity index is 2.86. The minimum atomic E-state index is 0.482. The fourth-order valence-electron chi connectivity index (χ4n) is 0.781. The molecule has 0 aromatic carbocycles. The Morgan fingerprint density at radius 3 is 3.20 bits per heavy atom. The quantitative estimate of drug-likeness (QED) is 0.580. The molecule has 0 saturated heterocycles. The number of nitrogens with two attached hydrogens (primary N) is 1. The summed E-state index contributed by atoms with van der Waals surface area (Å²) in [5, 5.41) is 3.55. The number of hydrogen-bond donors (Lipinski definition) is 1. The average Bonchev–Trinajstić information content (AvgIpc) is 2.33. The SMILES string of the molecule is Nc1ccc2oncc2n1. The number of rotatable bonds is 0. The van der Waals surface area contributed by atoms with E-state index in [9.17, 15) is 0 Å². The number of pyridine rings is 1. The minimum absolute atomic E-state index is 0.482. The van der Waals surface area contributed by atoms with E-state index in [1.807, 2.05) is 0 Å². The first-order valence-corrected chi connectivity index (χ1v) is 2.83. The molecule has 0 fully saturated rings. The minimum Gasteiger partial charge on any atom is -0.384 e. The summed E-state index contributed by atoms with van der Waals surface area (Å²) in [4.78, 5) is 3.96. The van der Waals surface area contributed by atoms with Crippen LogP contribution in [0.2, 0.25) is 0 Å². The lowest BCUT2D eigenvalue weighted by atomic mass is 10.4. The molecule has 0 unspecified atom stereocenters. The van der Waals surface area contributed by atoms with E-state index in [4.69, 9.17) is 10.3 Å². The van der Waals surface area contributed by atoms with Crippen molar-refractivity contribution in [1.82, 2.24) is 10.1 Å². The summed E-state index contributed by atoms with van der Waals surface area (Å²) < 4.78 is 4.80. The summed E-state index contributed by atoms with van der Waals surface area (Å²) in [6.45, 7) is 0. The van der Waals surface area contributed by atoms with Gasteiger partial charge in [0.25, 0.3) is 0 Å². The summed E-state index contributed by atoms with van der Waals surface area (Å²) in [7, 11) is 0. The third-order valence-electron chi connectivity index (χ3n) is 1.23. The molecule has 0 saturated carbocycles. The van der Waals surface area contributed by atoms with Crippen LogP contribution >= 0.6 is 0 Å². The van der Waals surface area contributed by atoms with Crippen LogP contribution in [0.5, 0.6) is 0 Å². The van der Waals surface area contributed by atoms with Gasteiger partial charge in [-0.05, 0) is 12.1 Å². The Kier molecular flexibility index (Phi) is 0.887. The number of fused-ring (bicyclic) bond motifs is 1. The Morgan fingerprint density at radius 2 is 2.30 bits per heavy atom. The zero-order valence-corrected chi connectivity index (χ0v) is 5.11. The highest BCUT2D eigenvalue weighted by Crippen LogP contribution is 2.11. The van der Waals surface area contributed by atoms with Gasteiger partial charge in [-0.3, -0.25) is 0 Å². The van der Waals surface area contributed by atoms with Gasteiger partial charge in [0.2, 0.25) is 0 Å². The Bertz CT molecular complexity index is 355. The molecule has 50 valence electrons.